The second kappa shape index (κ2) is 11.5. The van der Waals surface area contributed by atoms with Gasteiger partial charge in [-0.1, -0.05) is 27.5 Å². The first kappa shape index (κ1) is 29.0. The van der Waals surface area contributed by atoms with Crippen LogP contribution in [0.25, 0.3) is 27.5 Å². The minimum Gasteiger partial charge on any atom is -0.321 e. The zero-order chi connectivity index (χ0) is 29.7. The number of rotatable bonds is 9. The Bertz CT molecular complexity index is 1880. The van der Waals surface area contributed by atoms with Gasteiger partial charge in [-0.2, -0.15) is 5.10 Å². The Kier molecular flexibility index (Phi) is 7.94. The number of benzene rings is 3. The van der Waals surface area contributed by atoms with E-state index >= 15 is 0 Å². The lowest BCUT2D eigenvalue weighted by Gasteiger charge is -2.20. The fourth-order valence-corrected chi connectivity index (χ4v) is 6.22. The van der Waals surface area contributed by atoms with Gasteiger partial charge in [0.25, 0.3) is 12.0 Å². The molecule has 2 heterocycles. The molecule has 6 rings (SSSR count). The molecule has 1 saturated carbocycles. The molecule has 1 aliphatic carbocycles. The summed E-state index contributed by atoms with van der Waals surface area (Å²) in [4.78, 5) is 18.8. The van der Waals surface area contributed by atoms with Crippen molar-refractivity contribution in [2.45, 2.75) is 43.5 Å². The number of hydrogen-bond donors (Lipinski definition) is 2. The standard InChI is InChI=1S/C28H22BrClF4N6OS/c29-14-1-4-18-21(10-14)36-27(20(35)9-13-7-15(31)11-16(32)8-13)40(28(18)41)22-6-5-19(30)24-25(22)39(12-23(33)34)37-26(24)38-42-17-2-3-17/h1,4-8,10-11,17,20,23H,2-3,9,12,35H2,(H,37,38). The van der Waals surface area contributed by atoms with E-state index in [2.05, 4.69) is 25.8 Å². The normalized spacial score (nSPS) is 14.3. The first-order valence-electron chi connectivity index (χ1n) is 12.9. The molecule has 0 aliphatic heterocycles. The first-order chi connectivity index (χ1) is 20.1. The topological polar surface area (TPSA) is 90.8 Å². The Morgan fingerprint density at radius 3 is 2.55 bits per heavy atom. The molecule has 1 atom stereocenters. The van der Waals surface area contributed by atoms with Gasteiger partial charge >= 0.3 is 0 Å². The summed E-state index contributed by atoms with van der Waals surface area (Å²) in [5.41, 5.74) is 7.03. The molecule has 218 valence electrons. The molecular weight excluding hydrogens is 660 g/mol. The van der Waals surface area contributed by atoms with E-state index < -0.39 is 36.2 Å². The lowest BCUT2D eigenvalue weighted by atomic mass is 10.0. The SMILES string of the molecule is NC(Cc1cc(F)cc(F)c1)c1nc2cc(Br)ccc2c(=O)n1-c1ccc(Cl)c2c(NSC3CC3)nn(CC(F)F)c12. The third-order valence-electron chi connectivity index (χ3n) is 6.79. The maximum atomic E-state index is 14.1. The van der Waals surface area contributed by atoms with Crippen LogP contribution in [0.4, 0.5) is 23.4 Å². The van der Waals surface area contributed by atoms with E-state index in [9.17, 15) is 22.4 Å². The Balaban J connectivity index is 1.60. The predicted molar refractivity (Wildman–Crippen MR) is 161 cm³/mol. The van der Waals surface area contributed by atoms with E-state index in [4.69, 9.17) is 22.3 Å². The summed E-state index contributed by atoms with van der Waals surface area (Å²) >= 11 is 11.4. The second-order valence-electron chi connectivity index (χ2n) is 9.99. The summed E-state index contributed by atoms with van der Waals surface area (Å²) in [7, 11) is 0. The van der Waals surface area contributed by atoms with Gasteiger partial charge in [0, 0.05) is 15.8 Å². The van der Waals surface area contributed by atoms with Crippen LogP contribution < -0.4 is 16.0 Å². The summed E-state index contributed by atoms with van der Waals surface area (Å²) in [6, 6.07) is 10.0. The molecule has 7 nitrogen and oxygen atoms in total. The summed E-state index contributed by atoms with van der Waals surface area (Å²) in [5.74, 6) is -1.19. The molecule has 0 amide bonds. The Hall–Kier alpha value is -3.13. The zero-order valence-electron chi connectivity index (χ0n) is 21.6. The van der Waals surface area contributed by atoms with Crippen molar-refractivity contribution < 1.29 is 17.6 Å². The highest BCUT2D eigenvalue weighted by Crippen LogP contribution is 2.40. The van der Waals surface area contributed by atoms with Gasteiger partial charge in [-0.05, 0) is 79.2 Å². The van der Waals surface area contributed by atoms with Crippen molar-refractivity contribution in [3.8, 4) is 5.69 Å². The van der Waals surface area contributed by atoms with Crippen molar-refractivity contribution in [1.29, 1.82) is 0 Å². The predicted octanol–water partition coefficient (Wildman–Crippen LogP) is 7.16. The van der Waals surface area contributed by atoms with Crippen molar-refractivity contribution in [3.63, 3.8) is 0 Å². The molecule has 42 heavy (non-hydrogen) atoms. The van der Waals surface area contributed by atoms with E-state index in [1.54, 1.807) is 24.3 Å². The molecule has 0 spiro atoms. The maximum Gasteiger partial charge on any atom is 0.266 e. The van der Waals surface area contributed by atoms with Crippen LogP contribution >= 0.6 is 39.5 Å². The molecule has 1 unspecified atom stereocenters. The van der Waals surface area contributed by atoms with Crippen LogP contribution in [0.15, 0.2) is 57.8 Å². The number of hydrogen-bond acceptors (Lipinski definition) is 6. The fraction of sp³-hybridized carbons (Fsp3) is 0.250. The minimum atomic E-state index is -2.75. The third-order valence-corrected chi connectivity index (χ3v) is 8.71. The van der Waals surface area contributed by atoms with Gasteiger partial charge in [-0.3, -0.25) is 14.0 Å². The fourth-order valence-electron chi connectivity index (χ4n) is 4.83. The number of anilines is 1. The number of nitrogens with one attached hydrogen (secondary N) is 1. The van der Waals surface area contributed by atoms with Crippen LogP contribution in [-0.4, -0.2) is 31.0 Å². The molecule has 14 heteroatoms. The van der Waals surface area contributed by atoms with Crippen molar-refractivity contribution in [2.75, 3.05) is 4.72 Å². The number of aromatic nitrogens is 4. The Labute approximate surface area is 254 Å². The molecule has 0 radical (unpaired) electrons. The molecule has 3 N–H and O–H groups in total. The smallest absolute Gasteiger partial charge is 0.266 e. The average molecular weight is 682 g/mol. The molecular formula is C28H22BrClF4N6OS. The van der Waals surface area contributed by atoms with E-state index in [0.717, 1.165) is 35.7 Å². The highest BCUT2D eigenvalue weighted by atomic mass is 79.9. The molecule has 3 aromatic carbocycles. The number of nitrogens with zero attached hydrogens (tertiary/aromatic N) is 4. The van der Waals surface area contributed by atoms with Gasteiger partial charge in [0.15, 0.2) is 5.82 Å². The van der Waals surface area contributed by atoms with E-state index in [0.29, 0.717) is 26.4 Å². The van der Waals surface area contributed by atoms with Crippen LogP contribution in [0.3, 0.4) is 0 Å². The number of nitrogens with two attached hydrogens (primary N) is 1. The van der Waals surface area contributed by atoms with Crippen molar-refractivity contribution in [1.82, 2.24) is 19.3 Å². The highest BCUT2D eigenvalue weighted by molar-refractivity contribution is 9.10. The first-order valence-corrected chi connectivity index (χ1v) is 15.0. The van der Waals surface area contributed by atoms with Gasteiger partial charge in [-0.15, -0.1) is 0 Å². The highest BCUT2D eigenvalue weighted by Gasteiger charge is 2.27. The molecule has 1 aliphatic rings. The largest absolute Gasteiger partial charge is 0.321 e. The molecule has 5 aromatic rings. The van der Waals surface area contributed by atoms with E-state index in [1.165, 1.54) is 22.6 Å². The summed E-state index contributed by atoms with van der Waals surface area (Å²) in [6.45, 7) is -0.758. The summed E-state index contributed by atoms with van der Waals surface area (Å²) in [5, 5.41) is 5.64. The zero-order valence-corrected chi connectivity index (χ0v) is 24.8. The summed E-state index contributed by atoms with van der Waals surface area (Å²) in [6.07, 6.45) is -0.774. The lowest BCUT2D eigenvalue weighted by molar-refractivity contribution is 0.123. The quantitative estimate of drug-likeness (QED) is 0.127. The lowest BCUT2D eigenvalue weighted by Crippen LogP contribution is -2.30. The minimum absolute atomic E-state index is 0.0607. The van der Waals surface area contributed by atoms with E-state index in [1.807, 2.05) is 0 Å². The van der Waals surface area contributed by atoms with Crippen molar-refractivity contribution in [2.24, 2.45) is 5.73 Å². The summed E-state index contributed by atoms with van der Waals surface area (Å²) < 4.78 is 61.7. The monoisotopic (exact) mass is 680 g/mol. The van der Waals surface area contributed by atoms with Crippen LogP contribution in [0.5, 0.6) is 0 Å². The van der Waals surface area contributed by atoms with Gasteiger partial charge < -0.3 is 10.5 Å². The van der Waals surface area contributed by atoms with Gasteiger partial charge in [0.1, 0.15) is 24.0 Å². The van der Waals surface area contributed by atoms with Crippen LogP contribution in [-0.2, 0) is 13.0 Å². The molecule has 2 aromatic heterocycles. The number of fused-ring (bicyclic) bond motifs is 2. The third kappa shape index (κ3) is 5.75. The Morgan fingerprint density at radius 1 is 1.12 bits per heavy atom. The van der Waals surface area contributed by atoms with E-state index in [-0.39, 0.29) is 39.4 Å². The molecule has 1 fully saturated rings. The number of alkyl halides is 2. The van der Waals surface area contributed by atoms with Crippen LogP contribution in [0.1, 0.15) is 30.3 Å². The average Bonchev–Trinajstić information content (AvgIpc) is 3.68. The number of halogens is 6. The van der Waals surface area contributed by atoms with Crippen molar-refractivity contribution in [3.05, 3.63) is 91.4 Å². The maximum absolute atomic E-state index is 14.1. The van der Waals surface area contributed by atoms with Gasteiger partial charge in [-0.25, -0.2) is 22.5 Å². The van der Waals surface area contributed by atoms with Crippen LogP contribution in [0.2, 0.25) is 5.02 Å². The van der Waals surface area contributed by atoms with Gasteiger partial charge in [0.2, 0.25) is 0 Å². The van der Waals surface area contributed by atoms with Crippen LogP contribution in [0, 0.1) is 11.6 Å². The van der Waals surface area contributed by atoms with Crippen molar-refractivity contribution >= 4 is 67.1 Å². The molecule has 0 bridgehead atoms. The van der Waals surface area contributed by atoms with Gasteiger partial charge in [0.05, 0.1) is 38.6 Å². The second-order valence-corrected chi connectivity index (χ2v) is 12.4. The Morgan fingerprint density at radius 2 is 1.86 bits per heavy atom. The molecule has 0 saturated heterocycles.